The van der Waals surface area contributed by atoms with E-state index in [0.29, 0.717) is 23.8 Å². The van der Waals surface area contributed by atoms with Crippen LogP contribution in [0.2, 0.25) is 0 Å². The molecule has 1 aliphatic heterocycles. The second kappa shape index (κ2) is 9.47. The SMILES string of the molecule is CCCCOc1ccc(C(=O)NC(=S)NC[C@H]2CCCO2)cc1. The molecule has 1 amide bonds. The molecule has 6 heteroatoms. The van der Waals surface area contributed by atoms with Crippen molar-refractivity contribution in [2.75, 3.05) is 19.8 Å². The first-order chi connectivity index (χ1) is 11.2. The number of benzene rings is 1. The fourth-order valence-electron chi connectivity index (χ4n) is 2.27. The van der Waals surface area contributed by atoms with Crippen LogP contribution >= 0.6 is 12.2 Å². The number of amides is 1. The van der Waals surface area contributed by atoms with Crippen LogP contribution < -0.4 is 15.4 Å². The maximum Gasteiger partial charge on any atom is 0.257 e. The predicted octanol–water partition coefficient (Wildman–Crippen LogP) is 2.65. The molecule has 0 bridgehead atoms. The number of thiocarbonyl (C=S) groups is 1. The molecule has 23 heavy (non-hydrogen) atoms. The van der Waals surface area contributed by atoms with Gasteiger partial charge in [-0.1, -0.05) is 13.3 Å². The van der Waals surface area contributed by atoms with Gasteiger partial charge < -0.3 is 14.8 Å². The normalized spacial score (nSPS) is 16.8. The highest BCUT2D eigenvalue weighted by Crippen LogP contribution is 2.13. The van der Waals surface area contributed by atoms with E-state index in [1.54, 1.807) is 24.3 Å². The van der Waals surface area contributed by atoms with Crippen molar-refractivity contribution in [2.45, 2.75) is 38.7 Å². The molecule has 1 heterocycles. The largest absolute Gasteiger partial charge is 0.494 e. The Balaban J connectivity index is 1.74. The first-order valence-electron chi connectivity index (χ1n) is 8.12. The summed E-state index contributed by atoms with van der Waals surface area (Å²) >= 11 is 5.14. The van der Waals surface area contributed by atoms with E-state index in [-0.39, 0.29) is 12.0 Å². The van der Waals surface area contributed by atoms with Gasteiger partial charge in [-0.2, -0.15) is 0 Å². The average molecular weight is 336 g/mol. The van der Waals surface area contributed by atoms with E-state index >= 15 is 0 Å². The molecule has 2 rings (SSSR count). The third-order valence-corrected chi connectivity index (χ3v) is 3.87. The Kier molecular flexibility index (Phi) is 7.29. The van der Waals surface area contributed by atoms with Crippen LogP contribution in [0, 0.1) is 0 Å². The van der Waals surface area contributed by atoms with Gasteiger partial charge in [-0.05, 0) is 55.7 Å². The van der Waals surface area contributed by atoms with Gasteiger partial charge in [-0.25, -0.2) is 0 Å². The fraction of sp³-hybridized carbons (Fsp3) is 0.529. The number of carbonyl (C=O) groups is 1. The number of ether oxygens (including phenoxy) is 2. The maximum absolute atomic E-state index is 12.1. The summed E-state index contributed by atoms with van der Waals surface area (Å²) in [6.45, 7) is 4.24. The topological polar surface area (TPSA) is 59.6 Å². The van der Waals surface area contributed by atoms with Crippen molar-refractivity contribution in [3.05, 3.63) is 29.8 Å². The van der Waals surface area contributed by atoms with Gasteiger partial charge in [0, 0.05) is 18.7 Å². The van der Waals surface area contributed by atoms with Gasteiger partial charge in [0.15, 0.2) is 5.11 Å². The maximum atomic E-state index is 12.1. The summed E-state index contributed by atoms with van der Waals surface area (Å²) in [6, 6.07) is 7.07. The molecule has 1 aromatic carbocycles. The summed E-state index contributed by atoms with van der Waals surface area (Å²) in [5, 5.41) is 6.03. The van der Waals surface area contributed by atoms with Crippen LogP contribution in [0.3, 0.4) is 0 Å². The highest BCUT2D eigenvalue weighted by Gasteiger charge is 2.16. The summed E-state index contributed by atoms with van der Waals surface area (Å²) in [7, 11) is 0. The second-order valence-electron chi connectivity index (χ2n) is 5.53. The Morgan fingerprint density at radius 2 is 2.17 bits per heavy atom. The summed E-state index contributed by atoms with van der Waals surface area (Å²) < 4.78 is 11.1. The predicted molar refractivity (Wildman–Crippen MR) is 93.9 cm³/mol. The Bertz CT molecular complexity index is 513. The Morgan fingerprint density at radius 3 is 2.83 bits per heavy atom. The van der Waals surface area contributed by atoms with E-state index in [0.717, 1.165) is 38.0 Å². The van der Waals surface area contributed by atoms with Crippen LogP contribution in [0.5, 0.6) is 5.75 Å². The molecule has 1 aliphatic rings. The molecular weight excluding hydrogens is 312 g/mol. The van der Waals surface area contributed by atoms with Crippen LogP contribution in [0.25, 0.3) is 0 Å². The van der Waals surface area contributed by atoms with Gasteiger partial charge in [0.25, 0.3) is 5.91 Å². The second-order valence-corrected chi connectivity index (χ2v) is 5.93. The first-order valence-corrected chi connectivity index (χ1v) is 8.53. The molecule has 0 saturated carbocycles. The van der Waals surface area contributed by atoms with Crippen LogP contribution in [-0.4, -0.2) is 36.9 Å². The minimum absolute atomic E-state index is 0.185. The summed E-state index contributed by atoms with van der Waals surface area (Å²) in [4.78, 5) is 12.1. The zero-order chi connectivity index (χ0) is 16.5. The summed E-state index contributed by atoms with van der Waals surface area (Å²) in [6.07, 6.45) is 4.41. The number of carbonyl (C=O) groups excluding carboxylic acids is 1. The van der Waals surface area contributed by atoms with E-state index in [2.05, 4.69) is 17.6 Å². The van der Waals surface area contributed by atoms with E-state index in [9.17, 15) is 4.79 Å². The summed E-state index contributed by atoms with van der Waals surface area (Å²) in [5.41, 5.74) is 0.550. The lowest BCUT2D eigenvalue weighted by Gasteiger charge is -2.13. The van der Waals surface area contributed by atoms with E-state index in [1.807, 2.05) is 0 Å². The summed E-state index contributed by atoms with van der Waals surface area (Å²) in [5.74, 6) is 0.545. The number of rotatable bonds is 7. The molecule has 2 N–H and O–H groups in total. The van der Waals surface area contributed by atoms with Crippen molar-refractivity contribution >= 4 is 23.2 Å². The van der Waals surface area contributed by atoms with Crippen molar-refractivity contribution in [1.29, 1.82) is 0 Å². The molecule has 0 aliphatic carbocycles. The highest BCUT2D eigenvalue weighted by molar-refractivity contribution is 7.80. The fourth-order valence-corrected chi connectivity index (χ4v) is 2.44. The quantitative estimate of drug-likeness (QED) is 0.592. The van der Waals surface area contributed by atoms with Crippen molar-refractivity contribution < 1.29 is 14.3 Å². The monoisotopic (exact) mass is 336 g/mol. The molecule has 1 saturated heterocycles. The van der Waals surface area contributed by atoms with Crippen LogP contribution in [0.1, 0.15) is 43.0 Å². The highest BCUT2D eigenvalue weighted by atomic mass is 32.1. The molecule has 1 atom stereocenters. The van der Waals surface area contributed by atoms with Gasteiger partial charge >= 0.3 is 0 Å². The van der Waals surface area contributed by atoms with Crippen LogP contribution in [-0.2, 0) is 4.74 Å². The molecule has 5 nitrogen and oxygen atoms in total. The molecular formula is C17H24N2O3S. The molecule has 0 unspecified atom stereocenters. The Hall–Kier alpha value is -1.66. The molecule has 0 aromatic heterocycles. The zero-order valence-corrected chi connectivity index (χ0v) is 14.3. The molecule has 1 fully saturated rings. The van der Waals surface area contributed by atoms with E-state index in [1.165, 1.54) is 0 Å². The van der Waals surface area contributed by atoms with Crippen molar-refractivity contribution in [3.8, 4) is 5.75 Å². The standard InChI is InChI=1S/C17H24N2O3S/c1-2-3-10-21-14-8-6-13(7-9-14)16(20)19-17(23)18-12-15-5-4-11-22-15/h6-9,15H,2-5,10-12H2,1H3,(H2,18,19,20,23)/t15-/m1/s1. The van der Waals surface area contributed by atoms with E-state index < -0.39 is 0 Å². The zero-order valence-electron chi connectivity index (χ0n) is 13.5. The number of unbranched alkanes of at least 4 members (excludes halogenated alkanes) is 1. The number of hydrogen-bond donors (Lipinski definition) is 2. The third-order valence-electron chi connectivity index (χ3n) is 3.62. The van der Waals surface area contributed by atoms with Gasteiger partial charge in [0.2, 0.25) is 0 Å². The Labute approximate surface area is 142 Å². The van der Waals surface area contributed by atoms with Gasteiger partial charge in [0.1, 0.15) is 5.75 Å². The lowest BCUT2D eigenvalue weighted by atomic mass is 10.2. The van der Waals surface area contributed by atoms with Crippen molar-refractivity contribution in [1.82, 2.24) is 10.6 Å². The first kappa shape index (κ1) is 17.7. The number of hydrogen-bond acceptors (Lipinski definition) is 4. The molecule has 1 aromatic rings. The Morgan fingerprint density at radius 1 is 1.39 bits per heavy atom. The van der Waals surface area contributed by atoms with Gasteiger partial charge in [0.05, 0.1) is 12.7 Å². The minimum atomic E-state index is -0.227. The van der Waals surface area contributed by atoms with Gasteiger partial charge in [-0.15, -0.1) is 0 Å². The smallest absolute Gasteiger partial charge is 0.257 e. The van der Waals surface area contributed by atoms with Crippen LogP contribution in [0.4, 0.5) is 0 Å². The lowest BCUT2D eigenvalue weighted by molar-refractivity contribution is 0.0973. The van der Waals surface area contributed by atoms with E-state index in [4.69, 9.17) is 21.7 Å². The van der Waals surface area contributed by atoms with Crippen molar-refractivity contribution in [3.63, 3.8) is 0 Å². The molecule has 0 radical (unpaired) electrons. The third kappa shape index (κ3) is 6.15. The van der Waals surface area contributed by atoms with Crippen molar-refractivity contribution in [2.24, 2.45) is 0 Å². The minimum Gasteiger partial charge on any atom is -0.494 e. The lowest BCUT2D eigenvalue weighted by Crippen LogP contribution is -2.42. The van der Waals surface area contributed by atoms with Crippen LogP contribution in [0.15, 0.2) is 24.3 Å². The number of nitrogens with one attached hydrogen (secondary N) is 2. The van der Waals surface area contributed by atoms with Gasteiger partial charge in [-0.3, -0.25) is 10.1 Å². The molecule has 126 valence electrons. The molecule has 0 spiro atoms. The average Bonchev–Trinajstić information content (AvgIpc) is 3.07.